The number of carbonyl (C=O) groups is 1. The van der Waals surface area contributed by atoms with Gasteiger partial charge in [0.15, 0.2) is 0 Å². The maximum Gasteiger partial charge on any atom is 0.330 e. The fourth-order valence-electron chi connectivity index (χ4n) is 1.06. The number of ether oxygens (including phenoxy) is 1. The summed E-state index contributed by atoms with van der Waals surface area (Å²) in [5.74, 6) is -0.361. The van der Waals surface area contributed by atoms with Crippen LogP contribution in [-0.2, 0) is 9.53 Å². The maximum atomic E-state index is 10.6. The average Bonchev–Trinajstić information content (AvgIpc) is 2.21. The summed E-state index contributed by atoms with van der Waals surface area (Å²) in [7, 11) is 0. The van der Waals surface area contributed by atoms with E-state index in [0.717, 1.165) is 6.42 Å². The number of unbranched alkanes of at least 4 members (excludes halogenated alkanes) is 4. The lowest BCUT2D eigenvalue weighted by molar-refractivity contribution is -0.136. The third-order valence-corrected chi connectivity index (χ3v) is 1.88. The summed E-state index contributed by atoms with van der Waals surface area (Å²) in [6.45, 7) is 5.87. The molecular formula is C12H20O2. The van der Waals surface area contributed by atoms with Gasteiger partial charge >= 0.3 is 5.97 Å². The van der Waals surface area contributed by atoms with Crippen LogP contribution < -0.4 is 0 Å². The molecule has 0 amide bonds. The summed E-state index contributed by atoms with van der Waals surface area (Å²) in [6.07, 6.45) is 11.3. The largest absolute Gasteiger partial charge is 0.458 e. The zero-order valence-electron chi connectivity index (χ0n) is 9.00. The number of allylic oxidation sites excluding steroid dienone is 1. The molecule has 0 rings (SSSR count). The van der Waals surface area contributed by atoms with E-state index in [9.17, 15) is 4.79 Å². The third kappa shape index (κ3) is 9.04. The molecule has 0 saturated carbocycles. The van der Waals surface area contributed by atoms with Crippen molar-refractivity contribution < 1.29 is 9.53 Å². The zero-order valence-corrected chi connectivity index (χ0v) is 9.00. The van der Waals surface area contributed by atoms with Crippen LogP contribution in [0, 0.1) is 0 Å². The van der Waals surface area contributed by atoms with Crippen molar-refractivity contribution in [3.05, 3.63) is 24.8 Å². The molecule has 14 heavy (non-hydrogen) atoms. The van der Waals surface area contributed by atoms with Crippen molar-refractivity contribution in [1.29, 1.82) is 0 Å². The van der Waals surface area contributed by atoms with E-state index in [-0.39, 0.29) is 5.97 Å². The first-order chi connectivity index (χ1) is 6.81. The van der Waals surface area contributed by atoms with Crippen LogP contribution in [0.2, 0.25) is 0 Å². The molecule has 0 radical (unpaired) electrons. The van der Waals surface area contributed by atoms with E-state index in [2.05, 4.69) is 19.6 Å². The molecule has 0 unspecified atom stereocenters. The molecule has 0 aromatic heterocycles. The smallest absolute Gasteiger partial charge is 0.330 e. The van der Waals surface area contributed by atoms with Crippen molar-refractivity contribution in [3.63, 3.8) is 0 Å². The molecule has 2 heteroatoms. The van der Waals surface area contributed by atoms with Gasteiger partial charge in [-0.25, -0.2) is 4.79 Å². The van der Waals surface area contributed by atoms with Crippen LogP contribution in [0.15, 0.2) is 24.8 Å². The highest BCUT2D eigenvalue weighted by Crippen LogP contribution is 2.02. The number of rotatable bonds is 8. The molecule has 0 fully saturated rings. The summed E-state index contributed by atoms with van der Waals surface area (Å²) in [4.78, 5) is 10.6. The van der Waals surface area contributed by atoms with E-state index in [1.54, 1.807) is 0 Å². The van der Waals surface area contributed by atoms with E-state index in [0.29, 0.717) is 6.61 Å². The second-order valence-corrected chi connectivity index (χ2v) is 3.15. The molecule has 0 aliphatic carbocycles. The van der Waals surface area contributed by atoms with Gasteiger partial charge in [-0.2, -0.15) is 0 Å². The van der Waals surface area contributed by atoms with E-state index in [1.165, 1.54) is 31.8 Å². The van der Waals surface area contributed by atoms with Gasteiger partial charge in [-0.3, -0.25) is 0 Å². The van der Waals surface area contributed by atoms with Crippen molar-refractivity contribution in [3.8, 4) is 0 Å². The summed E-state index contributed by atoms with van der Waals surface area (Å²) < 4.78 is 4.78. The normalized spacial score (nSPS) is 10.4. The first-order valence-corrected chi connectivity index (χ1v) is 5.25. The van der Waals surface area contributed by atoms with Crippen LogP contribution in [0.1, 0.15) is 39.0 Å². The number of hydrogen-bond donors (Lipinski definition) is 0. The van der Waals surface area contributed by atoms with E-state index in [1.807, 2.05) is 6.08 Å². The minimum Gasteiger partial charge on any atom is -0.458 e. The molecule has 80 valence electrons. The van der Waals surface area contributed by atoms with Crippen molar-refractivity contribution >= 4 is 5.97 Å². The zero-order chi connectivity index (χ0) is 10.6. The Morgan fingerprint density at radius 3 is 2.71 bits per heavy atom. The summed E-state index contributed by atoms with van der Waals surface area (Å²) in [6, 6.07) is 0. The summed E-state index contributed by atoms with van der Waals surface area (Å²) in [5, 5.41) is 0. The topological polar surface area (TPSA) is 26.3 Å². The average molecular weight is 196 g/mol. The minimum atomic E-state index is -0.361. The maximum absolute atomic E-state index is 10.6. The Morgan fingerprint density at radius 2 is 2.07 bits per heavy atom. The molecule has 0 aromatic carbocycles. The monoisotopic (exact) mass is 196 g/mol. The minimum absolute atomic E-state index is 0.360. The number of carbonyl (C=O) groups excluding carboxylic acids is 1. The van der Waals surface area contributed by atoms with Crippen LogP contribution in [0.4, 0.5) is 0 Å². The van der Waals surface area contributed by atoms with Gasteiger partial charge in [0.25, 0.3) is 0 Å². The standard InChI is InChI=1S/C12H20O2/c1-3-5-6-7-8-9-10-11-14-12(13)4-2/h4,9-10H,2-3,5-8,11H2,1H3. The van der Waals surface area contributed by atoms with Gasteiger partial charge in [-0.15, -0.1) is 0 Å². The first-order valence-electron chi connectivity index (χ1n) is 5.25. The van der Waals surface area contributed by atoms with Crippen LogP contribution in [0.5, 0.6) is 0 Å². The fourth-order valence-corrected chi connectivity index (χ4v) is 1.06. The van der Waals surface area contributed by atoms with Gasteiger partial charge in [-0.1, -0.05) is 44.9 Å². The van der Waals surface area contributed by atoms with Gasteiger partial charge in [0.1, 0.15) is 6.61 Å². The quantitative estimate of drug-likeness (QED) is 0.258. The highest BCUT2D eigenvalue weighted by atomic mass is 16.5. The molecule has 0 aliphatic heterocycles. The first kappa shape index (κ1) is 12.9. The summed E-state index contributed by atoms with van der Waals surface area (Å²) in [5.41, 5.74) is 0. The molecule has 0 aromatic rings. The van der Waals surface area contributed by atoms with Crippen LogP contribution in [0.3, 0.4) is 0 Å². The fraction of sp³-hybridized carbons (Fsp3) is 0.583. The van der Waals surface area contributed by atoms with Gasteiger partial charge in [0, 0.05) is 6.08 Å². The highest BCUT2D eigenvalue weighted by molar-refractivity contribution is 5.81. The van der Waals surface area contributed by atoms with Crippen molar-refractivity contribution in [1.82, 2.24) is 0 Å². The number of esters is 1. The Kier molecular flexibility index (Phi) is 9.28. The molecule has 0 N–H and O–H groups in total. The Balaban J connectivity index is 3.19. The van der Waals surface area contributed by atoms with Gasteiger partial charge in [0.05, 0.1) is 0 Å². The van der Waals surface area contributed by atoms with Gasteiger partial charge < -0.3 is 4.74 Å². The predicted molar refractivity (Wildman–Crippen MR) is 59.1 cm³/mol. The van der Waals surface area contributed by atoms with E-state index in [4.69, 9.17) is 4.74 Å². The molecule has 2 nitrogen and oxygen atoms in total. The molecular weight excluding hydrogens is 176 g/mol. The second-order valence-electron chi connectivity index (χ2n) is 3.15. The van der Waals surface area contributed by atoms with Crippen LogP contribution in [0.25, 0.3) is 0 Å². The van der Waals surface area contributed by atoms with Crippen molar-refractivity contribution in [2.45, 2.75) is 39.0 Å². The van der Waals surface area contributed by atoms with E-state index < -0.39 is 0 Å². The Hall–Kier alpha value is -1.05. The highest BCUT2D eigenvalue weighted by Gasteiger charge is 1.90. The van der Waals surface area contributed by atoms with Crippen LogP contribution in [-0.4, -0.2) is 12.6 Å². The van der Waals surface area contributed by atoms with Gasteiger partial charge in [-0.05, 0) is 12.8 Å². The summed E-state index contributed by atoms with van der Waals surface area (Å²) >= 11 is 0. The van der Waals surface area contributed by atoms with Crippen molar-refractivity contribution in [2.24, 2.45) is 0 Å². The second kappa shape index (κ2) is 10.0. The molecule has 0 aliphatic rings. The Morgan fingerprint density at radius 1 is 1.29 bits per heavy atom. The van der Waals surface area contributed by atoms with Gasteiger partial charge in [0.2, 0.25) is 0 Å². The third-order valence-electron chi connectivity index (χ3n) is 1.88. The molecule has 0 bridgehead atoms. The lowest BCUT2D eigenvalue weighted by atomic mass is 10.1. The lowest BCUT2D eigenvalue weighted by Crippen LogP contribution is -1.98. The lowest BCUT2D eigenvalue weighted by Gasteiger charge is -1.96. The molecule has 0 spiro atoms. The molecule has 0 saturated heterocycles. The molecule has 0 heterocycles. The molecule has 0 atom stereocenters. The predicted octanol–water partition coefficient (Wildman–Crippen LogP) is 3.24. The van der Waals surface area contributed by atoms with E-state index >= 15 is 0 Å². The SMILES string of the molecule is C=CC(=O)OCC=CCCCCCC. The number of hydrogen-bond acceptors (Lipinski definition) is 2. The van der Waals surface area contributed by atoms with Crippen LogP contribution >= 0.6 is 0 Å². The Labute approximate surface area is 86.6 Å². The Bertz CT molecular complexity index is 183. The van der Waals surface area contributed by atoms with Crippen molar-refractivity contribution in [2.75, 3.05) is 6.61 Å².